The number of aliphatic carboxylic acids is 1. The second-order valence-corrected chi connectivity index (χ2v) is 7.37. The summed E-state index contributed by atoms with van der Waals surface area (Å²) in [6.45, 7) is 3.89. The average molecular weight is 379 g/mol. The van der Waals surface area contributed by atoms with Crippen LogP contribution in [0.3, 0.4) is 0 Å². The number of carboxylic acids is 1. The molecule has 0 heterocycles. The summed E-state index contributed by atoms with van der Waals surface area (Å²) in [5, 5.41) is 18.7. The summed E-state index contributed by atoms with van der Waals surface area (Å²) in [6.07, 6.45) is 6.24. The van der Waals surface area contributed by atoms with Crippen molar-refractivity contribution >= 4 is 11.8 Å². The normalized spacial score (nSPS) is 13.1. The average Bonchev–Trinajstić information content (AvgIpc) is 2.60. The Bertz CT molecular complexity index is 570. The first-order chi connectivity index (χ1) is 12.9. The third-order valence-electron chi connectivity index (χ3n) is 4.79. The van der Waals surface area contributed by atoms with Gasteiger partial charge in [-0.25, -0.2) is 0 Å². The van der Waals surface area contributed by atoms with E-state index in [1.165, 1.54) is 0 Å². The largest absolute Gasteiger partial charge is 0.491 e. The maximum atomic E-state index is 11.8. The number of ketones is 1. The van der Waals surface area contributed by atoms with E-state index in [1.807, 2.05) is 31.2 Å². The molecule has 0 saturated carbocycles. The maximum Gasteiger partial charge on any atom is 0.303 e. The summed E-state index contributed by atoms with van der Waals surface area (Å²) in [7, 11) is 0. The lowest BCUT2D eigenvalue weighted by atomic mass is 9.91. The molecule has 1 aromatic carbocycles. The highest BCUT2D eigenvalue weighted by molar-refractivity contribution is 5.78. The van der Waals surface area contributed by atoms with Gasteiger partial charge in [0.2, 0.25) is 0 Å². The molecule has 1 aromatic rings. The molecule has 152 valence electrons. The Labute approximate surface area is 162 Å². The van der Waals surface area contributed by atoms with Gasteiger partial charge < -0.3 is 14.9 Å². The summed E-state index contributed by atoms with van der Waals surface area (Å²) in [5.74, 6) is 0.250. The number of aliphatic hydroxyl groups excluding tert-OH is 1. The quantitative estimate of drug-likeness (QED) is 0.438. The molecule has 2 unspecified atom stereocenters. The van der Waals surface area contributed by atoms with Crippen LogP contribution in [-0.2, 0) is 9.59 Å². The molecule has 0 spiro atoms. The van der Waals surface area contributed by atoms with Crippen molar-refractivity contribution in [3.8, 4) is 5.75 Å². The Balaban J connectivity index is 2.17. The summed E-state index contributed by atoms with van der Waals surface area (Å²) >= 11 is 0. The van der Waals surface area contributed by atoms with Crippen LogP contribution in [0.2, 0.25) is 0 Å². The van der Waals surface area contributed by atoms with Crippen LogP contribution < -0.4 is 4.74 Å². The Hall–Kier alpha value is -1.88. The van der Waals surface area contributed by atoms with Gasteiger partial charge in [-0.15, -0.1) is 0 Å². The molecule has 2 N–H and O–H groups in total. The van der Waals surface area contributed by atoms with Gasteiger partial charge in [0.05, 0.1) is 6.10 Å². The van der Waals surface area contributed by atoms with E-state index >= 15 is 0 Å². The van der Waals surface area contributed by atoms with Crippen molar-refractivity contribution in [3.05, 3.63) is 29.8 Å². The molecule has 0 amide bonds. The van der Waals surface area contributed by atoms with Crippen molar-refractivity contribution in [1.29, 1.82) is 0 Å². The third-order valence-corrected chi connectivity index (χ3v) is 4.79. The van der Waals surface area contributed by atoms with Crippen molar-refractivity contribution < 1.29 is 24.5 Å². The SMILES string of the molecule is CC(=O)C(CCCCCCC(=O)O)CCCC(O)COc1cccc(C)c1. The fraction of sp³-hybridized carbons (Fsp3) is 0.636. The second kappa shape index (κ2) is 13.3. The van der Waals surface area contributed by atoms with E-state index in [0.29, 0.717) is 12.8 Å². The summed E-state index contributed by atoms with van der Waals surface area (Å²) in [5.41, 5.74) is 1.12. The number of carbonyl (C=O) groups excluding carboxylic acids is 1. The fourth-order valence-corrected chi connectivity index (χ4v) is 3.15. The summed E-state index contributed by atoms with van der Waals surface area (Å²) in [6, 6.07) is 7.74. The molecule has 0 bridgehead atoms. The van der Waals surface area contributed by atoms with Crippen LogP contribution in [0, 0.1) is 12.8 Å². The molecule has 5 heteroatoms. The Morgan fingerprint density at radius 2 is 1.74 bits per heavy atom. The number of aliphatic hydroxyl groups is 1. The van der Waals surface area contributed by atoms with Crippen LogP contribution in [0.25, 0.3) is 0 Å². The zero-order valence-corrected chi connectivity index (χ0v) is 16.7. The zero-order valence-electron chi connectivity index (χ0n) is 16.7. The van der Waals surface area contributed by atoms with Gasteiger partial charge in [-0.05, 0) is 57.2 Å². The van der Waals surface area contributed by atoms with E-state index < -0.39 is 12.1 Å². The van der Waals surface area contributed by atoms with Gasteiger partial charge in [-0.2, -0.15) is 0 Å². The number of benzene rings is 1. The van der Waals surface area contributed by atoms with Gasteiger partial charge in [0.25, 0.3) is 0 Å². The van der Waals surface area contributed by atoms with E-state index in [0.717, 1.165) is 49.8 Å². The minimum atomic E-state index is -0.749. The van der Waals surface area contributed by atoms with Gasteiger partial charge >= 0.3 is 5.97 Å². The van der Waals surface area contributed by atoms with Crippen LogP contribution in [0.4, 0.5) is 0 Å². The van der Waals surface area contributed by atoms with Crippen molar-refractivity contribution in [2.75, 3.05) is 6.61 Å². The minimum absolute atomic E-state index is 0.0364. The molecular weight excluding hydrogens is 344 g/mol. The monoisotopic (exact) mass is 378 g/mol. The van der Waals surface area contributed by atoms with Crippen LogP contribution in [0.15, 0.2) is 24.3 Å². The zero-order chi connectivity index (χ0) is 20.1. The molecule has 5 nitrogen and oxygen atoms in total. The van der Waals surface area contributed by atoms with Crippen LogP contribution in [0.5, 0.6) is 5.75 Å². The molecular formula is C22H34O5. The number of rotatable bonds is 15. The molecule has 0 aliphatic rings. The van der Waals surface area contributed by atoms with Crippen LogP contribution >= 0.6 is 0 Å². The van der Waals surface area contributed by atoms with Gasteiger partial charge in [0.15, 0.2) is 0 Å². The first kappa shape index (κ1) is 23.2. The fourth-order valence-electron chi connectivity index (χ4n) is 3.15. The number of hydrogen-bond acceptors (Lipinski definition) is 4. The standard InChI is InChI=1S/C22H34O5/c1-17-9-7-13-21(15-17)27-16-20(24)12-8-11-19(18(2)23)10-5-3-4-6-14-22(25)26/h7,9,13,15,19-20,24H,3-6,8,10-12,14,16H2,1-2H3,(H,25,26). The van der Waals surface area contributed by atoms with Gasteiger partial charge in [-0.1, -0.05) is 37.8 Å². The summed E-state index contributed by atoms with van der Waals surface area (Å²) < 4.78 is 5.61. The summed E-state index contributed by atoms with van der Waals surface area (Å²) in [4.78, 5) is 22.3. The number of aryl methyl sites for hydroxylation is 1. The molecule has 0 saturated heterocycles. The Kier molecular flexibility index (Phi) is 11.4. The number of carboxylic acid groups (broad SMARTS) is 1. The number of Topliss-reactive ketones (excluding diaryl/α,β-unsaturated/α-hetero) is 1. The minimum Gasteiger partial charge on any atom is -0.491 e. The lowest BCUT2D eigenvalue weighted by Gasteiger charge is -2.16. The topological polar surface area (TPSA) is 83.8 Å². The van der Waals surface area contributed by atoms with Crippen molar-refractivity contribution in [3.63, 3.8) is 0 Å². The molecule has 0 fully saturated rings. The van der Waals surface area contributed by atoms with Crippen molar-refractivity contribution in [2.45, 2.75) is 77.7 Å². The van der Waals surface area contributed by atoms with Gasteiger partial charge in [0.1, 0.15) is 18.1 Å². The van der Waals surface area contributed by atoms with E-state index in [9.17, 15) is 14.7 Å². The van der Waals surface area contributed by atoms with Gasteiger partial charge in [-0.3, -0.25) is 9.59 Å². The number of ether oxygens (including phenoxy) is 1. The predicted molar refractivity (Wildman–Crippen MR) is 106 cm³/mol. The molecule has 0 aliphatic heterocycles. The van der Waals surface area contributed by atoms with Gasteiger partial charge in [0, 0.05) is 12.3 Å². The van der Waals surface area contributed by atoms with E-state index in [4.69, 9.17) is 9.84 Å². The number of carbonyl (C=O) groups is 2. The van der Waals surface area contributed by atoms with Crippen LogP contribution in [-0.4, -0.2) is 34.7 Å². The number of unbranched alkanes of at least 4 members (excludes halogenated alkanes) is 3. The third kappa shape index (κ3) is 11.4. The lowest BCUT2D eigenvalue weighted by molar-refractivity contribution is -0.137. The first-order valence-electron chi connectivity index (χ1n) is 9.98. The highest BCUT2D eigenvalue weighted by atomic mass is 16.5. The molecule has 0 aliphatic carbocycles. The van der Waals surface area contributed by atoms with E-state index in [-0.39, 0.29) is 24.7 Å². The molecule has 0 aromatic heterocycles. The molecule has 2 atom stereocenters. The van der Waals surface area contributed by atoms with Crippen LogP contribution in [0.1, 0.15) is 70.3 Å². The van der Waals surface area contributed by atoms with E-state index in [2.05, 4.69) is 0 Å². The highest BCUT2D eigenvalue weighted by Gasteiger charge is 2.15. The molecule has 1 rings (SSSR count). The van der Waals surface area contributed by atoms with Crippen molar-refractivity contribution in [1.82, 2.24) is 0 Å². The van der Waals surface area contributed by atoms with Crippen molar-refractivity contribution in [2.24, 2.45) is 5.92 Å². The predicted octanol–water partition coefficient (Wildman–Crippen LogP) is 4.54. The number of hydrogen-bond donors (Lipinski definition) is 2. The molecule has 27 heavy (non-hydrogen) atoms. The smallest absolute Gasteiger partial charge is 0.303 e. The molecule has 0 radical (unpaired) electrons. The Morgan fingerprint density at radius 1 is 1.04 bits per heavy atom. The highest BCUT2D eigenvalue weighted by Crippen LogP contribution is 2.20. The van der Waals surface area contributed by atoms with E-state index in [1.54, 1.807) is 6.92 Å². The maximum absolute atomic E-state index is 11.8. The first-order valence-corrected chi connectivity index (χ1v) is 9.98. The second-order valence-electron chi connectivity index (χ2n) is 7.37. The Morgan fingerprint density at radius 3 is 2.41 bits per heavy atom. The lowest BCUT2D eigenvalue weighted by Crippen LogP contribution is -2.18.